The van der Waals surface area contributed by atoms with Crippen LogP contribution in [0.4, 0.5) is 0 Å². The van der Waals surface area contributed by atoms with Crippen LogP contribution >= 0.6 is 11.6 Å². The molecule has 0 aliphatic carbocycles. The lowest BCUT2D eigenvalue weighted by atomic mass is 10.2. The van der Waals surface area contributed by atoms with E-state index in [9.17, 15) is 4.79 Å². The van der Waals surface area contributed by atoms with E-state index < -0.39 is 0 Å². The highest BCUT2D eigenvalue weighted by atomic mass is 35.5. The minimum Gasteiger partial charge on any atom is -0.428 e. The highest BCUT2D eigenvalue weighted by molar-refractivity contribution is 6.28. The quantitative estimate of drug-likeness (QED) is 0.924. The van der Waals surface area contributed by atoms with Crippen molar-refractivity contribution in [3.05, 3.63) is 29.1 Å². The molecule has 0 aliphatic heterocycles. The Morgan fingerprint density at radius 3 is 3.11 bits per heavy atom. The first-order valence-corrected chi connectivity index (χ1v) is 5.84. The zero-order chi connectivity index (χ0) is 13.1. The maximum Gasteiger partial charge on any atom is 0.293 e. The molecule has 1 heterocycles. The van der Waals surface area contributed by atoms with Gasteiger partial charge in [0.25, 0.3) is 11.3 Å². The summed E-state index contributed by atoms with van der Waals surface area (Å²) in [6, 6.07) is 4.93. The predicted molar refractivity (Wildman–Crippen MR) is 67.8 cm³/mol. The van der Waals surface area contributed by atoms with Crippen molar-refractivity contribution in [2.45, 2.75) is 13.0 Å². The molecule has 0 radical (unpaired) electrons. The van der Waals surface area contributed by atoms with Crippen LogP contribution in [-0.2, 0) is 4.74 Å². The summed E-state index contributed by atoms with van der Waals surface area (Å²) in [7, 11) is 1.59. The molecule has 18 heavy (non-hydrogen) atoms. The van der Waals surface area contributed by atoms with Crippen LogP contribution in [0.5, 0.6) is 0 Å². The topological polar surface area (TPSA) is 64.4 Å². The zero-order valence-corrected chi connectivity index (χ0v) is 10.8. The lowest BCUT2D eigenvalue weighted by molar-refractivity contribution is 0.0905. The van der Waals surface area contributed by atoms with Gasteiger partial charge in [-0.1, -0.05) is 0 Å². The van der Waals surface area contributed by atoms with Crippen LogP contribution in [0, 0.1) is 0 Å². The molecule has 0 aliphatic rings. The summed E-state index contributed by atoms with van der Waals surface area (Å²) in [6.07, 6.45) is 0. The number of nitrogens with one attached hydrogen (secondary N) is 1. The summed E-state index contributed by atoms with van der Waals surface area (Å²) in [5.74, 6) is -0.186. The van der Waals surface area contributed by atoms with Crippen LogP contribution in [0.2, 0.25) is 5.35 Å². The van der Waals surface area contributed by atoms with E-state index in [1.807, 2.05) is 6.92 Å². The number of benzene rings is 1. The first kappa shape index (κ1) is 12.9. The molecule has 2 aromatic rings. The van der Waals surface area contributed by atoms with Gasteiger partial charge in [-0.15, -0.1) is 0 Å². The fourth-order valence-electron chi connectivity index (χ4n) is 1.64. The average Bonchev–Trinajstić information content (AvgIpc) is 2.68. The third-order valence-corrected chi connectivity index (χ3v) is 2.58. The molecule has 0 fully saturated rings. The molecule has 1 atom stereocenters. The maximum absolute atomic E-state index is 11.9. The molecule has 6 heteroatoms. The van der Waals surface area contributed by atoms with E-state index in [1.54, 1.807) is 25.3 Å². The van der Waals surface area contributed by atoms with Crippen molar-refractivity contribution in [3.63, 3.8) is 0 Å². The van der Waals surface area contributed by atoms with E-state index in [4.69, 9.17) is 20.8 Å². The number of rotatable bonds is 4. The molecule has 1 aromatic carbocycles. The third kappa shape index (κ3) is 2.80. The molecule has 0 saturated carbocycles. The highest BCUT2D eigenvalue weighted by Crippen LogP contribution is 2.20. The Bertz CT molecular complexity index is 567. The van der Waals surface area contributed by atoms with Crippen molar-refractivity contribution >= 4 is 28.6 Å². The molecule has 2 rings (SSSR count). The van der Waals surface area contributed by atoms with Crippen LogP contribution in [-0.4, -0.2) is 30.6 Å². The van der Waals surface area contributed by atoms with Gasteiger partial charge < -0.3 is 14.5 Å². The number of methoxy groups -OCH3 is 1. The predicted octanol–water partition coefficient (Wildman–Crippen LogP) is 2.25. The Morgan fingerprint density at radius 1 is 1.61 bits per heavy atom. The van der Waals surface area contributed by atoms with Gasteiger partial charge >= 0.3 is 0 Å². The van der Waals surface area contributed by atoms with E-state index >= 15 is 0 Å². The largest absolute Gasteiger partial charge is 0.428 e. The summed E-state index contributed by atoms with van der Waals surface area (Å²) in [5, 5.41) is 2.87. The fraction of sp³-hybridized carbons (Fsp3) is 0.333. The van der Waals surface area contributed by atoms with Crippen molar-refractivity contribution in [3.8, 4) is 0 Å². The van der Waals surface area contributed by atoms with Crippen molar-refractivity contribution in [1.29, 1.82) is 0 Å². The van der Waals surface area contributed by atoms with Gasteiger partial charge in [0.05, 0.1) is 6.61 Å². The molecule has 0 saturated heterocycles. The number of amides is 1. The molecular formula is C12H13ClN2O3. The number of ether oxygens (including phenoxy) is 1. The molecular weight excluding hydrogens is 256 g/mol. The lowest BCUT2D eigenvalue weighted by Crippen LogP contribution is -2.35. The second kappa shape index (κ2) is 5.37. The number of carbonyl (C=O) groups excluding carboxylic acids is 1. The number of fused-ring (bicyclic) bond motifs is 1. The van der Waals surface area contributed by atoms with E-state index in [0.29, 0.717) is 23.3 Å². The van der Waals surface area contributed by atoms with Gasteiger partial charge in [0, 0.05) is 18.7 Å². The number of hydrogen-bond acceptors (Lipinski definition) is 4. The molecule has 0 bridgehead atoms. The molecule has 5 nitrogen and oxygen atoms in total. The summed E-state index contributed by atoms with van der Waals surface area (Å²) in [6.45, 7) is 2.33. The standard InChI is InChI=1S/C12H13ClN2O3/c1-7(6-17-2)14-11(16)8-3-4-9-10(5-8)18-12(13)15-9/h3-5,7H,6H2,1-2H3,(H,14,16)/t7-/m0/s1. The van der Waals surface area contributed by atoms with Crippen LogP contribution in [0.3, 0.4) is 0 Å². The first-order chi connectivity index (χ1) is 8.60. The molecule has 0 spiro atoms. The number of aromatic nitrogens is 1. The monoisotopic (exact) mass is 268 g/mol. The Labute approximate surface area is 109 Å². The third-order valence-electron chi connectivity index (χ3n) is 2.42. The summed E-state index contributed by atoms with van der Waals surface area (Å²) < 4.78 is 10.1. The van der Waals surface area contributed by atoms with Crippen molar-refractivity contribution in [2.24, 2.45) is 0 Å². The normalized spacial score (nSPS) is 12.6. The number of oxazole rings is 1. The Kier molecular flexibility index (Phi) is 3.84. The number of nitrogens with zero attached hydrogens (tertiary/aromatic N) is 1. The smallest absolute Gasteiger partial charge is 0.293 e. The highest BCUT2D eigenvalue weighted by Gasteiger charge is 2.12. The second-order valence-corrected chi connectivity index (χ2v) is 4.30. The van der Waals surface area contributed by atoms with Gasteiger partial charge in [-0.05, 0) is 36.7 Å². The Morgan fingerprint density at radius 2 is 2.39 bits per heavy atom. The van der Waals surface area contributed by atoms with Gasteiger partial charge in [-0.3, -0.25) is 4.79 Å². The van der Waals surface area contributed by atoms with Gasteiger partial charge in [0.2, 0.25) is 0 Å². The van der Waals surface area contributed by atoms with E-state index in [-0.39, 0.29) is 17.3 Å². The lowest BCUT2D eigenvalue weighted by Gasteiger charge is -2.12. The zero-order valence-electron chi connectivity index (χ0n) is 10.1. The fourth-order valence-corrected chi connectivity index (χ4v) is 1.81. The Balaban J connectivity index is 2.17. The van der Waals surface area contributed by atoms with Gasteiger partial charge in [-0.2, -0.15) is 4.98 Å². The SMILES string of the molecule is COC[C@H](C)NC(=O)c1ccc2nc(Cl)oc2c1. The van der Waals surface area contributed by atoms with Crippen LogP contribution in [0.15, 0.2) is 22.6 Å². The van der Waals surface area contributed by atoms with E-state index in [2.05, 4.69) is 10.3 Å². The van der Waals surface area contributed by atoms with E-state index in [0.717, 1.165) is 0 Å². The van der Waals surface area contributed by atoms with Crippen LogP contribution in [0.25, 0.3) is 11.1 Å². The number of halogens is 1. The summed E-state index contributed by atoms with van der Waals surface area (Å²) in [5.41, 5.74) is 1.62. The minimum atomic E-state index is -0.186. The van der Waals surface area contributed by atoms with Crippen molar-refractivity contribution < 1.29 is 13.9 Å². The summed E-state index contributed by atoms with van der Waals surface area (Å²) in [4.78, 5) is 15.9. The van der Waals surface area contributed by atoms with Crippen molar-refractivity contribution in [1.82, 2.24) is 10.3 Å². The van der Waals surface area contributed by atoms with Crippen LogP contribution in [0.1, 0.15) is 17.3 Å². The molecule has 1 aromatic heterocycles. The first-order valence-electron chi connectivity index (χ1n) is 5.46. The molecule has 0 unspecified atom stereocenters. The summed E-state index contributed by atoms with van der Waals surface area (Å²) >= 11 is 5.65. The van der Waals surface area contributed by atoms with Crippen molar-refractivity contribution in [2.75, 3.05) is 13.7 Å². The van der Waals surface area contributed by atoms with Gasteiger partial charge in [0.15, 0.2) is 5.58 Å². The van der Waals surface area contributed by atoms with Gasteiger partial charge in [0.1, 0.15) is 5.52 Å². The molecule has 1 N–H and O–H groups in total. The van der Waals surface area contributed by atoms with E-state index in [1.165, 1.54) is 0 Å². The molecule has 96 valence electrons. The number of carbonyl (C=O) groups is 1. The van der Waals surface area contributed by atoms with Crippen LogP contribution < -0.4 is 5.32 Å². The van der Waals surface area contributed by atoms with Gasteiger partial charge in [-0.25, -0.2) is 0 Å². The minimum absolute atomic E-state index is 0.0588. The maximum atomic E-state index is 11.9. The average molecular weight is 269 g/mol. The number of hydrogen-bond donors (Lipinski definition) is 1. The Hall–Kier alpha value is -1.59. The second-order valence-electron chi connectivity index (χ2n) is 3.98. The molecule has 1 amide bonds.